The van der Waals surface area contributed by atoms with Crippen molar-refractivity contribution in [2.24, 2.45) is 0 Å². The van der Waals surface area contributed by atoms with Crippen LogP contribution < -0.4 is 0 Å². The summed E-state index contributed by atoms with van der Waals surface area (Å²) in [5, 5.41) is 0. The molecule has 0 bridgehead atoms. The van der Waals surface area contributed by atoms with Gasteiger partial charge >= 0.3 is 6.18 Å². The van der Waals surface area contributed by atoms with Crippen molar-refractivity contribution in [1.82, 2.24) is 0 Å². The van der Waals surface area contributed by atoms with Crippen molar-refractivity contribution in [3.05, 3.63) is 33.8 Å². The molecule has 0 spiro atoms. The van der Waals surface area contributed by atoms with Gasteiger partial charge in [-0.25, -0.2) is 0 Å². The minimum Gasteiger partial charge on any atom is -0.166 e. The fourth-order valence-corrected chi connectivity index (χ4v) is 2.53. The van der Waals surface area contributed by atoms with E-state index in [1.54, 1.807) is 6.07 Å². The summed E-state index contributed by atoms with van der Waals surface area (Å²) in [6.45, 7) is 5.53. The second kappa shape index (κ2) is 4.40. The first-order valence-corrected chi connectivity index (χ1v) is 5.85. The number of benzene rings is 1. The van der Waals surface area contributed by atoms with Crippen LogP contribution in [0.1, 0.15) is 38.3 Å². The highest BCUT2D eigenvalue weighted by Crippen LogP contribution is 2.42. The normalized spacial score (nSPS) is 12.9. The van der Waals surface area contributed by atoms with Crippen LogP contribution >= 0.6 is 15.9 Å². The predicted molar refractivity (Wildman–Crippen MR) is 62.5 cm³/mol. The van der Waals surface area contributed by atoms with Crippen LogP contribution in [-0.4, -0.2) is 0 Å². The van der Waals surface area contributed by atoms with Crippen molar-refractivity contribution >= 4 is 15.9 Å². The zero-order chi connectivity index (χ0) is 12.6. The van der Waals surface area contributed by atoms with Gasteiger partial charge in [0.2, 0.25) is 0 Å². The van der Waals surface area contributed by atoms with Crippen molar-refractivity contribution in [1.29, 1.82) is 0 Å². The highest BCUT2D eigenvalue weighted by Gasteiger charge is 2.38. The monoisotopic (exact) mass is 294 g/mol. The summed E-state index contributed by atoms with van der Waals surface area (Å²) in [4.78, 5) is 0. The Bertz CT molecular complexity index is 380. The van der Waals surface area contributed by atoms with Crippen LogP contribution in [0.25, 0.3) is 0 Å². The standard InChI is InChI=1S/C12H14BrF3/c1-4-11(2,3)10-8(12(14,15)16)6-5-7-9(10)13/h5-7H,4H2,1-3H3. The Hall–Kier alpha value is -0.510. The molecule has 0 nitrogen and oxygen atoms in total. The summed E-state index contributed by atoms with van der Waals surface area (Å²) < 4.78 is 39.1. The third-order valence-corrected chi connectivity index (χ3v) is 3.54. The van der Waals surface area contributed by atoms with Gasteiger partial charge in [-0.05, 0) is 29.5 Å². The third kappa shape index (κ3) is 2.59. The second-order valence-electron chi connectivity index (χ2n) is 4.40. The summed E-state index contributed by atoms with van der Waals surface area (Å²) in [6, 6.07) is 4.21. The number of rotatable bonds is 2. The number of halogens is 4. The van der Waals surface area contributed by atoms with E-state index in [-0.39, 0.29) is 0 Å². The molecule has 0 amide bonds. The van der Waals surface area contributed by atoms with E-state index in [4.69, 9.17) is 0 Å². The molecular weight excluding hydrogens is 281 g/mol. The van der Waals surface area contributed by atoms with Gasteiger partial charge in [0.15, 0.2) is 0 Å². The van der Waals surface area contributed by atoms with Crippen LogP contribution in [-0.2, 0) is 11.6 Å². The van der Waals surface area contributed by atoms with E-state index in [1.165, 1.54) is 6.07 Å². The molecule has 1 rings (SSSR count). The topological polar surface area (TPSA) is 0 Å². The van der Waals surface area contributed by atoms with Crippen molar-refractivity contribution in [3.8, 4) is 0 Å². The van der Waals surface area contributed by atoms with E-state index in [0.717, 1.165) is 6.07 Å². The molecule has 0 saturated heterocycles. The van der Waals surface area contributed by atoms with Crippen molar-refractivity contribution < 1.29 is 13.2 Å². The minimum atomic E-state index is -4.30. The maximum Gasteiger partial charge on any atom is 0.416 e. The summed E-state index contributed by atoms with van der Waals surface area (Å²) in [5.41, 5.74) is -0.705. The van der Waals surface area contributed by atoms with Crippen molar-refractivity contribution in [3.63, 3.8) is 0 Å². The lowest BCUT2D eigenvalue weighted by molar-refractivity contribution is -0.138. The van der Waals surface area contributed by atoms with Crippen LogP contribution in [0.15, 0.2) is 22.7 Å². The first kappa shape index (κ1) is 13.6. The van der Waals surface area contributed by atoms with E-state index < -0.39 is 17.2 Å². The fourth-order valence-electron chi connectivity index (χ4n) is 1.62. The Morgan fingerprint density at radius 1 is 1.19 bits per heavy atom. The molecule has 4 heteroatoms. The molecule has 0 saturated carbocycles. The number of hydrogen-bond acceptors (Lipinski definition) is 0. The molecule has 1 aromatic carbocycles. The SMILES string of the molecule is CCC(C)(C)c1c(Br)cccc1C(F)(F)F. The number of hydrogen-bond donors (Lipinski definition) is 0. The Balaban J connectivity index is 3.48. The molecule has 16 heavy (non-hydrogen) atoms. The Labute approximate surface area is 102 Å². The van der Waals surface area contributed by atoms with Gasteiger partial charge in [0.05, 0.1) is 5.56 Å². The van der Waals surface area contributed by atoms with E-state index in [0.29, 0.717) is 16.5 Å². The van der Waals surface area contributed by atoms with Gasteiger partial charge in [0, 0.05) is 4.47 Å². The molecule has 0 aliphatic rings. The smallest absolute Gasteiger partial charge is 0.166 e. The summed E-state index contributed by atoms with van der Waals surface area (Å²) in [7, 11) is 0. The average Bonchev–Trinajstić information content (AvgIpc) is 2.15. The largest absolute Gasteiger partial charge is 0.416 e. The highest BCUT2D eigenvalue weighted by atomic mass is 79.9. The van der Waals surface area contributed by atoms with Gasteiger partial charge in [-0.1, -0.05) is 42.8 Å². The summed E-state index contributed by atoms with van der Waals surface area (Å²) in [6.07, 6.45) is -3.65. The third-order valence-electron chi connectivity index (χ3n) is 2.88. The summed E-state index contributed by atoms with van der Waals surface area (Å²) >= 11 is 3.22. The molecule has 0 aliphatic carbocycles. The molecule has 0 unspecified atom stereocenters. The van der Waals surface area contributed by atoms with Gasteiger partial charge in [-0.2, -0.15) is 13.2 Å². The van der Waals surface area contributed by atoms with E-state index in [9.17, 15) is 13.2 Å². The van der Waals surface area contributed by atoms with Gasteiger partial charge in [0.1, 0.15) is 0 Å². The molecule has 0 atom stereocenters. The second-order valence-corrected chi connectivity index (χ2v) is 5.25. The van der Waals surface area contributed by atoms with Crippen LogP contribution in [0.2, 0.25) is 0 Å². The minimum absolute atomic E-state index is 0.338. The lowest BCUT2D eigenvalue weighted by Crippen LogP contribution is -2.22. The zero-order valence-corrected chi connectivity index (χ0v) is 11.0. The Morgan fingerprint density at radius 3 is 2.19 bits per heavy atom. The molecular formula is C12H14BrF3. The van der Waals surface area contributed by atoms with Crippen LogP contribution in [0.5, 0.6) is 0 Å². The maximum atomic E-state index is 12.9. The van der Waals surface area contributed by atoms with E-state index >= 15 is 0 Å². The highest BCUT2D eigenvalue weighted by molar-refractivity contribution is 9.10. The van der Waals surface area contributed by atoms with Gasteiger partial charge in [0.25, 0.3) is 0 Å². The van der Waals surface area contributed by atoms with E-state index in [2.05, 4.69) is 15.9 Å². The van der Waals surface area contributed by atoms with Crippen LogP contribution in [0.3, 0.4) is 0 Å². The number of alkyl halides is 3. The fraction of sp³-hybridized carbons (Fsp3) is 0.500. The van der Waals surface area contributed by atoms with E-state index in [1.807, 2.05) is 20.8 Å². The van der Waals surface area contributed by atoms with Gasteiger partial charge in [-0.15, -0.1) is 0 Å². The lowest BCUT2D eigenvalue weighted by Gasteiger charge is -2.28. The van der Waals surface area contributed by atoms with Crippen LogP contribution in [0.4, 0.5) is 13.2 Å². The van der Waals surface area contributed by atoms with Gasteiger partial charge in [-0.3, -0.25) is 0 Å². The molecule has 0 aliphatic heterocycles. The maximum absolute atomic E-state index is 12.9. The summed E-state index contributed by atoms with van der Waals surface area (Å²) in [5.74, 6) is 0. The first-order chi connectivity index (χ1) is 7.20. The van der Waals surface area contributed by atoms with Gasteiger partial charge < -0.3 is 0 Å². The van der Waals surface area contributed by atoms with Crippen molar-refractivity contribution in [2.75, 3.05) is 0 Å². The first-order valence-electron chi connectivity index (χ1n) is 5.06. The molecule has 0 heterocycles. The zero-order valence-electron chi connectivity index (χ0n) is 9.45. The Morgan fingerprint density at radius 2 is 1.75 bits per heavy atom. The molecule has 0 radical (unpaired) electrons. The van der Waals surface area contributed by atoms with Crippen LogP contribution in [0, 0.1) is 0 Å². The quantitative estimate of drug-likeness (QED) is 0.707. The molecule has 1 aromatic rings. The lowest BCUT2D eigenvalue weighted by atomic mass is 9.79. The predicted octanol–water partition coefficient (Wildman–Crippen LogP) is 5.16. The average molecular weight is 295 g/mol. The molecule has 90 valence electrons. The molecule has 0 N–H and O–H groups in total. The molecule has 0 fully saturated rings. The Kier molecular flexibility index (Phi) is 3.72. The van der Waals surface area contributed by atoms with Crippen molar-refractivity contribution in [2.45, 2.75) is 38.8 Å². The molecule has 0 aromatic heterocycles.